The number of sulfonamides is 1. The van der Waals surface area contributed by atoms with Gasteiger partial charge in [-0.3, -0.25) is 19.3 Å². The van der Waals surface area contributed by atoms with Gasteiger partial charge in [0.2, 0.25) is 5.91 Å². The van der Waals surface area contributed by atoms with Crippen molar-refractivity contribution in [3.8, 4) is 0 Å². The van der Waals surface area contributed by atoms with Crippen LogP contribution in [0.2, 0.25) is 0 Å². The molecule has 9 heteroatoms. The van der Waals surface area contributed by atoms with Crippen molar-refractivity contribution in [3.05, 3.63) is 29.8 Å². The molecule has 0 saturated heterocycles. The van der Waals surface area contributed by atoms with Gasteiger partial charge in [0, 0.05) is 19.0 Å². The number of carbonyl (C=O) groups excluding carboxylic acids is 1. The van der Waals surface area contributed by atoms with Gasteiger partial charge in [-0.05, 0) is 19.1 Å². The van der Waals surface area contributed by atoms with Gasteiger partial charge in [-0.1, -0.05) is 12.1 Å². The number of hydrogen-bond donors (Lipinski definition) is 2. The molecule has 1 unspecified atom stereocenters. The topological polar surface area (TPSA) is 116 Å². The average molecular weight is 339 g/mol. The van der Waals surface area contributed by atoms with E-state index in [1.807, 2.05) is 0 Å². The van der Waals surface area contributed by atoms with Crippen LogP contribution in [0.1, 0.15) is 18.9 Å². The number of benzene rings is 1. The maximum atomic E-state index is 12.0. The molecular weight excluding hydrogens is 322 g/mol. The van der Waals surface area contributed by atoms with E-state index in [1.54, 1.807) is 25.1 Å². The van der Waals surface area contributed by atoms with Crippen LogP contribution in [0.3, 0.4) is 0 Å². The Hall–Kier alpha value is -2.42. The molecule has 0 bridgehead atoms. The second-order valence-electron chi connectivity index (χ2n) is 5.28. The van der Waals surface area contributed by atoms with E-state index in [0.29, 0.717) is 5.56 Å². The highest BCUT2D eigenvalue weighted by Crippen LogP contribution is 2.22. The van der Waals surface area contributed by atoms with Gasteiger partial charge in [0.15, 0.2) is 0 Å². The van der Waals surface area contributed by atoms with Gasteiger partial charge in [-0.2, -0.15) is 0 Å². The van der Waals surface area contributed by atoms with Crippen molar-refractivity contribution >= 4 is 27.7 Å². The summed E-state index contributed by atoms with van der Waals surface area (Å²) in [5.74, 6) is -1.28. The molecule has 1 heterocycles. The molecule has 1 amide bonds. The van der Waals surface area contributed by atoms with Crippen molar-refractivity contribution in [3.63, 3.8) is 0 Å². The molecule has 1 aromatic rings. The first-order chi connectivity index (χ1) is 10.7. The maximum absolute atomic E-state index is 12.0. The van der Waals surface area contributed by atoms with Gasteiger partial charge in [0.25, 0.3) is 10.0 Å². The predicted octanol–water partition coefficient (Wildman–Crippen LogP) is 0.0467. The third-order valence-electron chi connectivity index (χ3n) is 3.28. The zero-order valence-electron chi connectivity index (χ0n) is 12.7. The summed E-state index contributed by atoms with van der Waals surface area (Å²) in [7, 11) is -2.22. The average Bonchev–Trinajstić information content (AvgIpc) is 2.69. The van der Waals surface area contributed by atoms with Gasteiger partial charge in [0.05, 0.1) is 10.9 Å². The molecule has 2 N–H and O–H groups in total. The largest absolute Gasteiger partial charge is 0.480 e. The summed E-state index contributed by atoms with van der Waals surface area (Å²) in [6.45, 7) is 1.27. The van der Waals surface area contributed by atoms with Gasteiger partial charge in [0.1, 0.15) is 12.4 Å². The number of carboxylic acids is 1. The van der Waals surface area contributed by atoms with E-state index in [0.717, 1.165) is 4.90 Å². The molecule has 1 atom stereocenters. The zero-order valence-corrected chi connectivity index (χ0v) is 13.5. The lowest BCUT2D eigenvalue weighted by Gasteiger charge is -2.16. The summed E-state index contributed by atoms with van der Waals surface area (Å²) < 4.78 is 26.3. The van der Waals surface area contributed by atoms with Crippen molar-refractivity contribution in [2.24, 2.45) is 4.99 Å². The molecular formula is C14H17N3O5S. The molecule has 0 saturated carbocycles. The molecule has 0 aromatic heterocycles. The fraction of sp³-hybridized carbons (Fsp3) is 0.357. The Morgan fingerprint density at radius 2 is 2.00 bits per heavy atom. The van der Waals surface area contributed by atoms with Gasteiger partial charge >= 0.3 is 5.97 Å². The Morgan fingerprint density at radius 1 is 1.35 bits per heavy atom. The Labute approximate surface area is 133 Å². The normalized spacial score (nSPS) is 18.1. The van der Waals surface area contributed by atoms with Crippen molar-refractivity contribution in [2.75, 3.05) is 13.6 Å². The number of nitrogens with zero attached hydrogens (tertiary/aromatic N) is 2. The lowest BCUT2D eigenvalue weighted by Crippen LogP contribution is -2.33. The molecule has 0 fully saturated rings. The third-order valence-corrected chi connectivity index (χ3v) is 4.68. The number of amidine groups is 1. The highest BCUT2D eigenvalue weighted by Gasteiger charge is 2.30. The summed E-state index contributed by atoms with van der Waals surface area (Å²) in [5.41, 5.74) is 0.464. The lowest BCUT2D eigenvalue weighted by atomic mass is 10.2. The summed E-state index contributed by atoms with van der Waals surface area (Å²) >= 11 is 0. The van der Waals surface area contributed by atoms with Crippen LogP contribution < -0.4 is 4.72 Å². The first kappa shape index (κ1) is 16.9. The van der Waals surface area contributed by atoms with Crippen molar-refractivity contribution in [2.45, 2.75) is 24.3 Å². The number of fused-ring (bicyclic) bond motifs is 1. The Bertz CT molecular complexity index is 772. The van der Waals surface area contributed by atoms with Crippen molar-refractivity contribution in [1.82, 2.24) is 9.62 Å². The number of rotatable bonds is 5. The monoisotopic (exact) mass is 339 g/mol. The molecule has 1 aliphatic heterocycles. The molecule has 0 spiro atoms. The Balaban J connectivity index is 2.14. The van der Waals surface area contributed by atoms with Crippen LogP contribution in [0.15, 0.2) is 34.2 Å². The quantitative estimate of drug-likeness (QED) is 0.786. The van der Waals surface area contributed by atoms with E-state index in [-0.39, 0.29) is 23.1 Å². The summed E-state index contributed by atoms with van der Waals surface area (Å²) in [4.78, 5) is 28.0. The number of aliphatic carboxylic acids is 1. The molecule has 0 aliphatic carbocycles. The molecule has 1 aliphatic rings. The second-order valence-corrected chi connectivity index (χ2v) is 6.93. The Kier molecular flexibility index (Phi) is 4.69. The van der Waals surface area contributed by atoms with Crippen LogP contribution in [0, 0.1) is 0 Å². The highest BCUT2D eigenvalue weighted by molar-refractivity contribution is 7.90. The lowest BCUT2D eigenvalue weighted by molar-refractivity contribution is -0.143. The van der Waals surface area contributed by atoms with Crippen molar-refractivity contribution in [1.29, 1.82) is 0 Å². The predicted molar refractivity (Wildman–Crippen MR) is 82.7 cm³/mol. The SMILES string of the molecule is CC(CC(=O)N(C)CC(=O)O)N=C1NS(=O)(=O)c2ccccc21. The molecule has 0 radical (unpaired) electrons. The fourth-order valence-electron chi connectivity index (χ4n) is 2.20. The standard InChI is InChI=1S/C14H17N3O5S/c1-9(7-12(18)17(2)8-13(19)20)15-14-10-5-3-4-6-11(10)23(21,22)16-14/h3-6,9H,7-8H2,1-2H3,(H,15,16)(H,19,20). The minimum absolute atomic E-state index is 0.0167. The first-order valence-corrected chi connectivity index (χ1v) is 8.35. The van der Waals surface area contributed by atoms with Crippen LogP contribution in [-0.2, 0) is 19.6 Å². The first-order valence-electron chi connectivity index (χ1n) is 6.86. The van der Waals surface area contributed by atoms with E-state index in [1.165, 1.54) is 13.1 Å². The van der Waals surface area contributed by atoms with Gasteiger partial charge in [-0.25, -0.2) is 8.42 Å². The number of likely N-dealkylation sites (N-methyl/N-ethyl adjacent to an activating group) is 1. The maximum Gasteiger partial charge on any atom is 0.323 e. The minimum atomic E-state index is -3.61. The number of nitrogens with one attached hydrogen (secondary N) is 1. The second kappa shape index (κ2) is 6.37. The minimum Gasteiger partial charge on any atom is -0.480 e. The molecule has 8 nitrogen and oxygen atoms in total. The van der Waals surface area contributed by atoms with Gasteiger partial charge < -0.3 is 10.0 Å². The smallest absolute Gasteiger partial charge is 0.323 e. The van der Waals surface area contributed by atoms with E-state index in [9.17, 15) is 18.0 Å². The summed E-state index contributed by atoms with van der Waals surface area (Å²) in [6, 6.07) is 5.94. The van der Waals surface area contributed by atoms with Crippen molar-refractivity contribution < 1.29 is 23.1 Å². The number of carbonyl (C=O) groups is 2. The molecule has 1 aromatic carbocycles. The molecule has 2 rings (SSSR count). The van der Waals surface area contributed by atoms with Crippen LogP contribution in [-0.4, -0.2) is 55.8 Å². The molecule has 23 heavy (non-hydrogen) atoms. The van der Waals surface area contributed by atoms with E-state index >= 15 is 0 Å². The molecule has 124 valence electrons. The van der Waals surface area contributed by atoms with Crippen LogP contribution in [0.4, 0.5) is 0 Å². The number of hydrogen-bond acceptors (Lipinski definition) is 5. The summed E-state index contributed by atoms with van der Waals surface area (Å²) in [6.07, 6.45) is -0.0167. The van der Waals surface area contributed by atoms with E-state index in [2.05, 4.69) is 9.71 Å². The fourth-order valence-corrected chi connectivity index (χ4v) is 3.43. The van der Waals surface area contributed by atoms with E-state index < -0.39 is 28.6 Å². The number of carboxylic acid groups (broad SMARTS) is 1. The Morgan fingerprint density at radius 3 is 2.65 bits per heavy atom. The van der Waals surface area contributed by atoms with Crippen LogP contribution >= 0.6 is 0 Å². The zero-order chi connectivity index (χ0) is 17.2. The summed E-state index contributed by atoms with van der Waals surface area (Å²) in [5, 5.41) is 8.67. The van der Waals surface area contributed by atoms with E-state index in [4.69, 9.17) is 5.11 Å². The van der Waals surface area contributed by atoms with Crippen LogP contribution in [0.5, 0.6) is 0 Å². The number of aliphatic imine (C=N–C) groups is 1. The highest BCUT2D eigenvalue weighted by atomic mass is 32.2. The van der Waals surface area contributed by atoms with Crippen LogP contribution in [0.25, 0.3) is 0 Å². The number of amides is 1. The third kappa shape index (κ3) is 3.86. The van der Waals surface area contributed by atoms with Gasteiger partial charge in [-0.15, -0.1) is 0 Å².